The van der Waals surface area contributed by atoms with Gasteiger partial charge in [-0.3, -0.25) is 4.79 Å². The van der Waals surface area contributed by atoms with Crippen LogP contribution in [0.15, 0.2) is 51.9 Å². The summed E-state index contributed by atoms with van der Waals surface area (Å²) in [6.45, 7) is 3.22. The molecule has 2 aromatic rings. The Balaban J connectivity index is 2.57. The number of hydrogen-bond acceptors (Lipinski definition) is 3. The maximum atomic E-state index is 12.8. The molecule has 21 heavy (non-hydrogen) atoms. The summed E-state index contributed by atoms with van der Waals surface area (Å²) in [5, 5.41) is 2.11. The number of nitrogens with one attached hydrogen (secondary N) is 1. The van der Waals surface area contributed by atoms with E-state index in [1.165, 1.54) is 6.07 Å². The monoisotopic (exact) mass is 295 g/mol. The van der Waals surface area contributed by atoms with E-state index in [-0.39, 0.29) is 16.7 Å². The second-order valence-electron chi connectivity index (χ2n) is 4.03. The van der Waals surface area contributed by atoms with E-state index in [1.54, 1.807) is 0 Å². The van der Waals surface area contributed by atoms with Gasteiger partial charge in [-0.25, -0.2) is 4.79 Å². The summed E-state index contributed by atoms with van der Waals surface area (Å²) in [4.78, 5) is 22.5. The summed E-state index contributed by atoms with van der Waals surface area (Å²) in [5.41, 5.74) is -0.0392. The van der Waals surface area contributed by atoms with E-state index in [2.05, 4.69) is 17.6 Å². The molecule has 0 aliphatic rings. The first-order valence-electron chi connectivity index (χ1n) is 5.63. The van der Waals surface area contributed by atoms with Gasteiger partial charge in [0.2, 0.25) is 0 Å². The Kier molecular flexibility index (Phi) is 3.69. The van der Waals surface area contributed by atoms with Crippen molar-refractivity contribution in [3.05, 3.63) is 58.6 Å². The minimum Gasteiger partial charge on any atom is -0.423 e. The van der Waals surface area contributed by atoms with Crippen LogP contribution in [0.4, 0.5) is 18.9 Å². The summed E-state index contributed by atoms with van der Waals surface area (Å²) in [7, 11) is 0. The summed E-state index contributed by atoms with van der Waals surface area (Å²) < 4.78 is 43.2. The lowest BCUT2D eigenvalue weighted by Gasteiger charge is -2.10. The molecular weight excluding hydrogens is 287 g/mol. The van der Waals surface area contributed by atoms with Gasteiger partial charge in [-0.1, -0.05) is 6.58 Å². The van der Waals surface area contributed by atoms with Crippen molar-refractivity contribution in [2.24, 2.45) is 0 Å². The molecule has 0 atom stereocenters. The first-order chi connectivity index (χ1) is 9.81. The van der Waals surface area contributed by atoms with E-state index in [0.717, 1.165) is 18.2 Å². The number of amides is 1. The van der Waals surface area contributed by atoms with Crippen molar-refractivity contribution < 1.29 is 22.4 Å². The van der Waals surface area contributed by atoms with E-state index in [1.807, 2.05) is 0 Å². The van der Waals surface area contributed by atoms with Crippen molar-refractivity contribution in [2.75, 3.05) is 5.32 Å². The zero-order chi connectivity index (χ0) is 15.6. The number of carbonyl (C=O) groups is 1. The lowest BCUT2D eigenvalue weighted by atomic mass is 10.1. The molecule has 0 spiro atoms. The Labute approximate surface area is 116 Å². The first-order valence-corrected chi connectivity index (χ1v) is 5.63. The Morgan fingerprint density at radius 3 is 2.67 bits per heavy atom. The van der Waals surface area contributed by atoms with Crippen LogP contribution in [0.5, 0.6) is 0 Å². The predicted octanol–water partition coefficient (Wildman–Crippen LogP) is 3.09. The number of halogens is 3. The zero-order valence-corrected chi connectivity index (χ0v) is 10.5. The summed E-state index contributed by atoms with van der Waals surface area (Å²) in [6, 6.07) is 3.92. The molecule has 1 N–H and O–H groups in total. The van der Waals surface area contributed by atoms with E-state index in [0.29, 0.717) is 6.07 Å². The molecule has 0 aliphatic carbocycles. The average Bonchev–Trinajstić information content (AvgIpc) is 2.36. The van der Waals surface area contributed by atoms with Gasteiger partial charge in [0, 0.05) is 29.3 Å². The molecule has 7 heteroatoms. The topological polar surface area (TPSA) is 59.3 Å². The van der Waals surface area contributed by atoms with E-state index < -0.39 is 23.3 Å². The van der Waals surface area contributed by atoms with Gasteiger partial charge >= 0.3 is 11.8 Å². The van der Waals surface area contributed by atoms with Gasteiger partial charge in [0.15, 0.2) is 0 Å². The van der Waals surface area contributed by atoms with Gasteiger partial charge in [0.05, 0.1) is 5.56 Å². The van der Waals surface area contributed by atoms with E-state index in [9.17, 15) is 22.8 Å². The summed E-state index contributed by atoms with van der Waals surface area (Å²) in [6.07, 6.45) is -3.66. The maximum absolute atomic E-state index is 12.8. The molecule has 0 saturated heterocycles. The molecule has 0 radical (unpaired) electrons. The fourth-order valence-corrected chi connectivity index (χ4v) is 1.75. The highest BCUT2D eigenvalue weighted by Crippen LogP contribution is 2.34. The van der Waals surface area contributed by atoms with Crippen LogP contribution in [0.1, 0.15) is 5.56 Å². The van der Waals surface area contributed by atoms with Gasteiger partial charge in [-0.15, -0.1) is 5.73 Å². The highest BCUT2D eigenvalue weighted by molar-refractivity contribution is 6.00. The summed E-state index contributed by atoms with van der Waals surface area (Å²) in [5.74, 6) is -0.557. The molecule has 1 aromatic carbocycles. The smallest absolute Gasteiger partial charge is 0.417 e. The van der Waals surface area contributed by atoms with Crippen molar-refractivity contribution in [2.45, 2.75) is 6.18 Å². The fraction of sp³-hybridized carbons (Fsp3) is 0.0714. The number of anilines is 1. The number of rotatable bonds is 2. The van der Waals surface area contributed by atoms with Crippen LogP contribution < -0.4 is 10.9 Å². The molecule has 0 fully saturated rings. The van der Waals surface area contributed by atoms with Crippen molar-refractivity contribution in [3.63, 3.8) is 0 Å². The third-order valence-electron chi connectivity index (χ3n) is 2.55. The van der Waals surface area contributed by atoms with Crippen LogP contribution >= 0.6 is 0 Å². The maximum Gasteiger partial charge on any atom is 0.417 e. The molecule has 0 aliphatic heterocycles. The van der Waals surface area contributed by atoms with Crippen LogP contribution in [0.25, 0.3) is 11.0 Å². The van der Waals surface area contributed by atoms with Crippen LogP contribution in [-0.4, -0.2) is 5.91 Å². The molecule has 108 valence electrons. The van der Waals surface area contributed by atoms with Crippen LogP contribution in [0.2, 0.25) is 0 Å². The Morgan fingerprint density at radius 2 is 2.05 bits per heavy atom. The Bertz CT molecular complexity index is 814. The Morgan fingerprint density at radius 1 is 1.33 bits per heavy atom. The first kappa shape index (κ1) is 14.6. The second kappa shape index (κ2) is 5.30. The molecule has 0 unspecified atom stereocenters. The molecule has 1 heterocycles. The third-order valence-corrected chi connectivity index (χ3v) is 2.55. The zero-order valence-electron chi connectivity index (χ0n) is 10.5. The Hall–Kier alpha value is -2.79. The number of hydrogen-bond donors (Lipinski definition) is 1. The van der Waals surface area contributed by atoms with Gasteiger partial charge in [-0.2, -0.15) is 13.2 Å². The summed E-state index contributed by atoms with van der Waals surface area (Å²) >= 11 is 0. The molecule has 1 aromatic heterocycles. The minimum atomic E-state index is -4.68. The van der Waals surface area contributed by atoms with Gasteiger partial charge in [-0.05, 0) is 12.1 Å². The standard InChI is InChI=1S/C14H8F3NO3/c1-2-3-12(19)18-8-4-5-9-10(14(15,16)17)7-13(20)21-11(9)6-8/h3-7H,1H2,(H,18,19). The average molecular weight is 295 g/mol. The van der Waals surface area contributed by atoms with Gasteiger partial charge in [0.1, 0.15) is 5.58 Å². The predicted molar refractivity (Wildman–Crippen MR) is 69.8 cm³/mol. The fourth-order valence-electron chi connectivity index (χ4n) is 1.75. The molecule has 0 bridgehead atoms. The van der Waals surface area contributed by atoms with E-state index in [4.69, 9.17) is 4.42 Å². The molecule has 4 nitrogen and oxygen atoms in total. The largest absolute Gasteiger partial charge is 0.423 e. The number of alkyl halides is 3. The highest BCUT2D eigenvalue weighted by Gasteiger charge is 2.33. The molecule has 0 saturated carbocycles. The molecule has 2 rings (SSSR count). The van der Waals surface area contributed by atoms with Crippen molar-refractivity contribution >= 4 is 22.6 Å². The SMILES string of the molecule is C=C=CC(=O)Nc1ccc2c(C(F)(F)F)cc(=O)oc2c1. The third kappa shape index (κ3) is 3.21. The van der Waals surface area contributed by atoms with Crippen LogP contribution in [-0.2, 0) is 11.0 Å². The van der Waals surface area contributed by atoms with Crippen LogP contribution in [0, 0.1) is 0 Å². The lowest BCUT2D eigenvalue weighted by Crippen LogP contribution is -2.11. The van der Waals surface area contributed by atoms with Gasteiger partial charge < -0.3 is 9.73 Å². The number of carbonyl (C=O) groups excluding carboxylic acids is 1. The normalized spacial score (nSPS) is 11.0. The quantitative estimate of drug-likeness (QED) is 0.526. The van der Waals surface area contributed by atoms with E-state index >= 15 is 0 Å². The second-order valence-corrected chi connectivity index (χ2v) is 4.03. The van der Waals surface area contributed by atoms with Crippen molar-refractivity contribution in [1.29, 1.82) is 0 Å². The van der Waals surface area contributed by atoms with Gasteiger partial charge in [0.25, 0.3) is 5.91 Å². The van der Waals surface area contributed by atoms with Crippen molar-refractivity contribution in [1.82, 2.24) is 0 Å². The van der Waals surface area contributed by atoms with Crippen LogP contribution in [0.3, 0.4) is 0 Å². The molecule has 1 amide bonds. The number of benzene rings is 1. The molecular formula is C14H8F3NO3. The number of fused-ring (bicyclic) bond motifs is 1. The lowest BCUT2D eigenvalue weighted by molar-refractivity contribution is -0.136. The van der Waals surface area contributed by atoms with Crippen molar-refractivity contribution in [3.8, 4) is 0 Å². The highest BCUT2D eigenvalue weighted by atomic mass is 19.4. The minimum absolute atomic E-state index is 0.182.